The highest BCUT2D eigenvalue weighted by atomic mass is 14.8. The van der Waals surface area contributed by atoms with Crippen LogP contribution in [0.1, 0.15) is 20.7 Å². The lowest BCUT2D eigenvalue weighted by Gasteiger charge is -1.99. The zero-order valence-electron chi connectivity index (χ0n) is 14.8. The fourth-order valence-electron chi connectivity index (χ4n) is 1.44. The van der Waals surface area contributed by atoms with E-state index < -0.39 is 19.8 Å². The van der Waals surface area contributed by atoms with Crippen LogP contribution in [0.2, 0.25) is 0 Å². The van der Waals surface area contributed by atoms with Crippen molar-refractivity contribution in [2.75, 3.05) is 13.5 Å². The van der Waals surface area contributed by atoms with Crippen LogP contribution in [0.4, 0.5) is 0 Å². The minimum atomic E-state index is -2.78. The third-order valence-electron chi connectivity index (χ3n) is 2.10. The number of aromatic amines is 1. The normalized spacial score (nSPS) is 21.4. The van der Waals surface area contributed by atoms with E-state index in [9.17, 15) is 0 Å². The molecule has 0 bridgehead atoms. The van der Waals surface area contributed by atoms with Crippen LogP contribution >= 0.6 is 0 Å². The van der Waals surface area contributed by atoms with E-state index in [1.54, 1.807) is 17.4 Å². The largest absolute Gasteiger partial charge is 0.361 e. The first-order chi connectivity index (χ1) is 9.44. The van der Waals surface area contributed by atoms with Gasteiger partial charge in [-0.05, 0) is 44.5 Å². The van der Waals surface area contributed by atoms with Crippen LogP contribution in [-0.4, -0.2) is 18.5 Å². The lowest BCUT2D eigenvalue weighted by molar-refractivity contribution is 0.795. The molecular formula is C12H16N2. The van der Waals surface area contributed by atoms with Gasteiger partial charge in [-0.1, -0.05) is 11.6 Å². The topological polar surface area (TPSA) is 27.8 Å². The molecule has 0 amide bonds. The molecule has 1 aromatic heterocycles. The van der Waals surface area contributed by atoms with Crippen LogP contribution in [-0.2, 0) is 6.37 Å². The van der Waals surface area contributed by atoms with Gasteiger partial charge in [0.25, 0.3) is 0 Å². The molecule has 0 unspecified atom stereocenters. The van der Waals surface area contributed by atoms with Gasteiger partial charge < -0.3 is 10.3 Å². The van der Waals surface area contributed by atoms with E-state index in [0.717, 1.165) is 5.56 Å². The van der Waals surface area contributed by atoms with E-state index >= 15 is 0 Å². The Morgan fingerprint density at radius 2 is 2.50 bits per heavy atom. The maximum atomic E-state index is 8.08. The van der Waals surface area contributed by atoms with Crippen LogP contribution in [0.25, 0.3) is 10.9 Å². The summed E-state index contributed by atoms with van der Waals surface area (Å²) in [5.74, 6) is 0. The molecule has 14 heavy (non-hydrogen) atoms. The molecule has 2 heteroatoms. The molecule has 0 aliphatic rings. The molecule has 0 radical (unpaired) electrons. The van der Waals surface area contributed by atoms with Crippen molar-refractivity contribution >= 4 is 10.9 Å². The van der Waals surface area contributed by atoms with Crippen molar-refractivity contribution in [1.82, 2.24) is 10.3 Å². The lowest BCUT2D eigenvalue weighted by Crippen LogP contribution is -2.09. The summed E-state index contributed by atoms with van der Waals surface area (Å²) >= 11 is 0. The van der Waals surface area contributed by atoms with E-state index in [0.29, 0.717) is 10.9 Å². The molecule has 1 aromatic carbocycles. The van der Waals surface area contributed by atoms with Crippen LogP contribution < -0.4 is 5.32 Å². The number of H-pyrrole nitrogens is 1. The van der Waals surface area contributed by atoms with Gasteiger partial charge in [-0.3, -0.25) is 0 Å². The van der Waals surface area contributed by atoms with Gasteiger partial charge in [0, 0.05) is 26.7 Å². The summed E-state index contributed by atoms with van der Waals surface area (Å²) < 4.78 is 53.0. The van der Waals surface area contributed by atoms with Gasteiger partial charge in [0.2, 0.25) is 0 Å². The third-order valence-corrected chi connectivity index (χ3v) is 2.10. The van der Waals surface area contributed by atoms with Gasteiger partial charge in [0.15, 0.2) is 0 Å². The maximum Gasteiger partial charge on any atom is 0.0456 e. The molecule has 0 aliphatic heterocycles. The Bertz CT molecular complexity index is 657. The van der Waals surface area contributed by atoms with Crippen molar-refractivity contribution in [2.24, 2.45) is 0 Å². The summed E-state index contributed by atoms with van der Waals surface area (Å²) in [5.41, 5.74) is 1.66. The van der Waals surface area contributed by atoms with E-state index in [4.69, 9.17) is 9.60 Å². The molecule has 74 valence electrons. The standard InChI is InChI=1S/C12H16N2/c1-9-3-4-12-11(7-9)10(8-14-12)5-6-13-2/h3-4,7-8,13-14H,5-6H2,1-2H3/i2D3,5D2,6D2. The lowest BCUT2D eigenvalue weighted by atomic mass is 10.1. The molecule has 2 rings (SSSR count). The number of hydrogen-bond acceptors (Lipinski definition) is 1. The van der Waals surface area contributed by atoms with E-state index in [2.05, 4.69) is 4.98 Å². The molecule has 2 N–H and O–H groups in total. The Labute approximate surface area is 94.2 Å². The molecule has 0 atom stereocenters. The molecule has 1 heterocycles. The Balaban J connectivity index is 2.53. The predicted molar refractivity (Wildman–Crippen MR) is 60.7 cm³/mol. The zero-order chi connectivity index (χ0) is 16.1. The molecular weight excluding hydrogens is 172 g/mol. The highest BCUT2D eigenvalue weighted by Crippen LogP contribution is 2.19. The monoisotopic (exact) mass is 195 g/mol. The molecule has 0 fully saturated rings. The minimum absolute atomic E-state index is 0.0861. The second-order valence-electron chi connectivity index (χ2n) is 3.13. The van der Waals surface area contributed by atoms with Gasteiger partial charge in [-0.15, -0.1) is 0 Å². The number of benzene rings is 1. The fourth-order valence-corrected chi connectivity index (χ4v) is 1.44. The molecule has 0 saturated heterocycles. The minimum Gasteiger partial charge on any atom is -0.361 e. The second-order valence-corrected chi connectivity index (χ2v) is 3.13. The Morgan fingerprint density at radius 3 is 3.36 bits per heavy atom. The summed E-state index contributed by atoms with van der Waals surface area (Å²) in [6.45, 7) is -3.68. The number of rotatable bonds is 3. The van der Waals surface area contributed by atoms with Crippen molar-refractivity contribution < 1.29 is 9.60 Å². The second kappa shape index (κ2) is 3.84. The highest BCUT2D eigenvalue weighted by Gasteiger charge is 2.02. The Kier molecular flexibility index (Phi) is 1.12. The van der Waals surface area contributed by atoms with Crippen LogP contribution in [0.5, 0.6) is 0 Å². The van der Waals surface area contributed by atoms with Crippen molar-refractivity contribution in [3.05, 3.63) is 35.5 Å². The van der Waals surface area contributed by atoms with Gasteiger partial charge in [0.1, 0.15) is 0 Å². The van der Waals surface area contributed by atoms with Gasteiger partial charge in [-0.25, -0.2) is 0 Å². The Hall–Kier alpha value is -1.28. The number of likely N-dealkylation sites (N-methyl/N-ethyl adjacent to an activating group) is 1. The average molecular weight is 195 g/mol. The van der Waals surface area contributed by atoms with Crippen molar-refractivity contribution in [2.45, 2.75) is 13.3 Å². The first-order valence-electron chi connectivity index (χ1n) is 7.82. The third kappa shape index (κ3) is 1.66. The quantitative estimate of drug-likeness (QED) is 0.772. The maximum absolute atomic E-state index is 8.08. The SMILES string of the molecule is [2H]C([2H])([2H])NC([2H])([2H])C([2H])([2H])c1c[nH]c2ccc(C)cc12. The van der Waals surface area contributed by atoms with E-state index in [-0.39, 0.29) is 5.56 Å². The van der Waals surface area contributed by atoms with Crippen molar-refractivity contribution in [1.29, 1.82) is 0 Å². The van der Waals surface area contributed by atoms with Crippen molar-refractivity contribution in [3.63, 3.8) is 0 Å². The van der Waals surface area contributed by atoms with E-state index in [1.165, 1.54) is 6.20 Å². The molecule has 2 nitrogen and oxygen atoms in total. The molecule has 0 aliphatic carbocycles. The van der Waals surface area contributed by atoms with Crippen LogP contribution in [0, 0.1) is 6.92 Å². The summed E-state index contributed by atoms with van der Waals surface area (Å²) in [4.78, 5) is 2.88. The smallest absolute Gasteiger partial charge is 0.0456 e. The molecule has 0 saturated carbocycles. The van der Waals surface area contributed by atoms with Gasteiger partial charge in [0.05, 0.1) is 0 Å². The highest BCUT2D eigenvalue weighted by molar-refractivity contribution is 5.83. The Morgan fingerprint density at radius 1 is 1.57 bits per heavy atom. The molecule has 2 aromatic rings. The molecule has 0 spiro atoms. The predicted octanol–water partition coefficient (Wildman–Crippen LogP) is 2.24. The van der Waals surface area contributed by atoms with Gasteiger partial charge >= 0.3 is 0 Å². The number of hydrogen-bond donors (Lipinski definition) is 2. The van der Waals surface area contributed by atoms with Crippen molar-refractivity contribution in [3.8, 4) is 0 Å². The van der Waals surface area contributed by atoms with E-state index in [1.807, 2.05) is 13.0 Å². The summed E-state index contributed by atoms with van der Waals surface area (Å²) in [7, 11) is 0. The summed E-state index contributed by atoms with van der Waals surface area (Å²) in [6, 6.07) is 5.37. The van der Waals surface area contributed by atoms with Crippen LogP contribution in [0.15, 0.2) is 24.4 Å². The number of aryl methyl sites for hydroxylation is 2. The first-order valence-corrected chi connectivity index (χ1v) is 4.32. The number of nitrogens with one attached hydrogen (secondary N) is 2. The summed E-state index contributed by atoms with van der Waals surface area (Å²) in [5, 5.41) is 2.29. The fraction of sp³-hybridized carbons (Fsp3) is 0.333. The average Bonchev–Trinajstić information content (AvgIpc) is 2.68. The zero-order valence-corrected chi connectivity index (χ0v) is 7.81. The van der Waals surface area contributed by atoms with Gasteiger partial charge in [-0.2, -0.15) is 0 Å². The number of fused-ring (bicyclic) bond motifs is 1. The summed E-state index contributed by atoms with van der Waals surface area (Å²) in [6.07, 6.45) is -1.14. The number of aromatic nitrogens is 1. The van der Waals surface area contributed by atoms with Crippen LogP contribution in [0.3, 0.4) is 0 Å². The first kappa shape index (κ1) is 4.07.